The molecule has 0 aliphatic heterocycles. The number of carboxylic acid groups (broad SMARTS) is 1. The van der Waals surface area contributed by atoms with E-state index in [-0.39, 0.29) is 5.56 Å². The molecule has 88 valence electrons. The summed E-state index contributed by atoms with van der Waals surface area (Å²) in [6, 6.07) is 2.95. The summed E-state index contributed by atoms with van der Waals surface area (Å²) in [5, 5.41) is 12.8. The summed E-state index contributed by atoms with van der Waals surface area (Å²) in [5.41, 5.74) is 0.126. The monoisotopic (exact) mass is 233 g/mol. The smallest absolute Gasteiger partial charge is 0.337 e. The third-order valence-corrected chi connectivity index (χ3v) is 2.14. The van der Waals surface area contributed by atoms with Gasteiger partial charge in [0.1, 0.15) is 0 Å². The van der Waals surface area contributed by atoms with Crippen LogP contribution in [0.2, 0.25) is 0 Å². The highest BCUT2D eigenvalue weighted by molar-refractivity contribution is 5.87. The van der Waals surface area contributed by atoms with E-state index in [1.165, 1.54) is 18.3 Å². The molecule has 0 aromatic carbocycles. The molecule has 2 heterocycles. The molecule has 2 aromatic heterocycles. The molecular formula is C11H11N3O3. The Bertz CT molecular complexity index is 519. The number of pyridine rings is 1. The number of nitrogens with zero attached hydrogens (tertiary/aromatic N) is 3. The number of hydrogen-bond acceptors (Lipinski definition) is 4. The fourth-order valence-electron chi connectivity index (χ4n) is 1.26. The zero-order valence-corrected chi connectivity index (χ0v) is 9.20. The number of ether oxygens (including phenoxy) is 1. The average Bonchev–Trinajstić information content (AvgIpc) is 2.77. The molecular weight excluding hydrogens is 222 g/mol. The SMILES string of the molecule is CCn1cc(Oc2ccc(C(=O)O)cn2)cn1. The van der Waals surface area contributed by atoms with Crippen molar-refractivity contribution in [2.45, 2.75) is 13.5 Å². The van der Waals surface area contributed by atoms with Crippen LogP contribution in [0.1, 0.15) is 17.3 Å². The van der Waals surface area contributed by atoms with Gasteiger partial charge in [-0.25, -0.2) is 9.78 Å². The first-order valence-corrected chi connectivity index (χ1v) is 5.08. The highest BCUT2D eigenvalue weighted by Gasteiger charge is 2.05. The van der Waals surface area contributed by atoms with Crippen molar-refractivity contribution in [1.29, 1.82) is 0 Å². The van der Waals surface area contributed by atoms with Gasteiger partial charge in [-0.15, -0.1) is 0 Å². The van der Waals surface area contributed by atoms with Crippen LogP contribution in [0.3, 0.4) is 0 Å². The summed E-state index contributed by atoms with van der Waals surface area (Å²) in [4.78, 5) is 14.5. The predicted molar refractivity (Wildman–Crippen MR) is 59.2 cm³/mol. The standard InChI is InChI=1S/C11H11N3O3/c1-2-14-7-9(6-13-14)17-10-4-3-8(5-12-10)11(15)16/h3-7H,2H2,1H3,(H,15,16). The van der Waals surface area contributed by atoms with Crippen molar-refractivity contribution in [3.05, 3.63) is 36.3 Å². The van der Waals surface area contributed by atoms with E-state index < -0.39 is 5.97 Å². The quantitative estimate of drug-likeness (QED) is 0.871. The lowest BCUT2D eigenvalue weighted by Gasteiger charge is -2.01. The molecule has 6 nitrogen and oxygen atoms in total. The van der Waals surface area contributed by atoms with E-state index in [2.05, 4.69) is 10.1 Å². The number of carboxylic acids is 1. The van der Waals surface area contributed by atoms with E-state index in [0.29, 0.717) is 11.6 Å². The minimum absolute atomic E-state index is 0.126. The molecule has 0 radical (unpaired) electrons. The average molecular weight is 233 g/mol. The molecule has 0 saturated heterocycles. The summed E-state index contributed by atoms with van der Waals surface area (Å²) in [6.45, 7) is 2.73. The largest absolute Gasteiger partial charge is 0.478 e. The van der Waals surface area contributed by atoms with Crippen LogP contribution in [-0.2, 0) is 6.54 Å². The Labute approximate surface area is 97.5 Å². The Balaban J connectivity index is 2.10. The van der Waals surface area contributed by atoms with Gasteiger partial charge < -0.3 is 9.84 Å². The van der Waals surface area contributed by atoms with Crippen LogP contribution in [0.15, 0.2) is 30.7 Å². The van der Waals surface area contributed by atoms with Crippen LogP contribution in [0.5, 0.6) is 11.6 Å². The lowest BCUT2D eigenvalue weighted by Crippen LogP contribution is -1.97. The second-order valence-electron chi connectivity index (χ2n) is 3.32. The zero-order valence-electron chi connectivity index (χ0n) is 9.20. The molecule has 0 bridgehead atoms. The summed E-state index contributed by atoms with van der Waals surface area (Å²) < 4.78 is 7.13. The first-order valence-electron chi connectivity index (χ1n) is 5.08. The van der Waals surface area contributed by atoms with Gasteiger partial charge >= 0.3 is 5.97 Å². The van der Waals surface area contributed by atoms with Gasteiger partial charge in [-0.2, -0.15) is 5.10 Å². The zero-order chi connectivity index (χ0) is 12.3. The third kappa shape index (κ3) is 2.60. The van der Waals surface area contributed by atoms with Gasteiger partial charge in [0.2, 0.25) is 5.88 Å². The number of rotatable bonds is 4. The normalized spacial score (nSPS) is 10.2. The topological polar surface area (TPSA) is 77.2 Å². The molecule has 17 heavy (non-hydrogen) atoms. The van der Waals surface area contributed by atoms with Crippen molar-refractivity contribution in [3.63, 3.8) is 0 Å². The molecule has 6 heteroatoms. The van der Waals surface area contributed by atoms with E-state index in [1.807, 2.05) is 6.92 Å². The lowest BCUT2D eigenvalue weighted by atomic mass is 10.3. The fourth-order valence-corrected chi connectivity index (χ4v) is 1.26. The van der Waals surface area contributed by atoms with Crippen LogP contribution < -0.4 is 4.74 Å². The maximum Gasteiger partial charge on any atom is 0.337 e. The molecule has 0 fully saturated rings. The van der Waals surface area contributed by atoms with Crippen LogP contribution in [-0.4, -0.2) is 25.8 Å². The van der Waals surface area contributed by atoms with Gasteiger partial charge in [-0.3, -0.25) is 4.68 Å². The van der Waals surface area contributed by atoms with E-state index in [9.17, 15) is 4.79 Å². The molecule has 0 aliphatic rings. The highest BCUT2D eigenvalue weighted by atomic mass is 16.5. The summed E-state index contributed by atoms with van der Waals surface area (Å²) in [7, 11) is 0. The van der Waals surface area contributed by atoms with Gasteiger partial charge in [0.05, 0.1) is 18.0 Å². The van der Waals surface area contributed by atoms with Crippen molar-refractivity contribution < 1.29 is 14.6 Å². The molecule has 2 rings (SSSR count). The number of hydrogen-bond donors (Lipinski definition) is 1. The van der Waals surface area contributed by atoms with Gasteiger partial charge in [0, 0.05) is 18.8 Å². The van der Waals surface area contributed by atoms with E-state index >= 15 is 0 Å². The van der Waals surface area contributed by atoms with Crippen LogP contribution in [0, 0.1) is 0 Å². The first-order chi connectivity index (χ1) is 8.19. The maximum absolute atomic E-state index is 10.6. The Kier molecular flexibility index (Phi) is 3.04. The number of aromatic nitrogens is 3. The Hall–Kier alpha value is -2.37. The predicted octanol–water partition coefficient (Wildman–Crippen LogP) is 1.79. The minimum Gasteiger partial charge on any atom is -0.478 e. The van der Waals surface area contributed by atoms with Gasteiger partial charge in [0.25, 0.3) is 0 Å². The molecule has 0 atom stereocenters. The fraction of sp³-hybridized carbons (Fsp3) is 0.182. The van der Waals surface area contributed by atoms with Crippen molar-refractivity contribution in [3.8, 4) is 11.6 Å². The van der Waals surface area contributed by atoms with Crippen molar-refractivity contribution >= 4 is 5.97 Å². The molecule has 0 aliphatic carbocycles. The van der Waals surface area contributed by atoms with E-state index in [1.54, 1.807) is 17.1 Å². The second-order valence-corrected chi connectivity index (χ2v) is 3.32. The molecule has 0 unspecified atom stereocenters. The van der Waals surface area contributed by atoms with Crippen LogP contribution in [0.25, 0.3) is 0 Å². The summed E-state index contributed by atoms with van der Waals surface area (Å²) >= 11 is 0. The molecule has 0 amide bonds. The van der Waals surface area contributed by atoms with Crippen LogP contribution >= 0.6 is 0 Å². The highest BCUT2D eigenvalue weighted by Crippen LogP contribution is 2.18. The number of aromatic carboxylic acids is 1. The number of aryl methyl sites for hydroxylation is 1. The third-order valence-electron chi connectivity index (χ3n) is 2.14. The molecule has 2 aromatic rings. The number of carbonyl (C=O) groups is 1. The van der Waals surface area contributed by atoms with E-state index in [0.717, 1.165) is 6.54 Å². The van der Waals surface area contributed by atoms with Gasteiger partial charge in [-0.1, -0.05) is 0 Å². The Morgan fingerprint density at radius 2 is 2.29 bits per heavy atom. The Morgan fingerprint density at radius 1 is 1.47 bits per heavy atom. The lowest BCUT2D eigenvalue weighted by molar-refractivity contribution is 0.0696. The first kappa shape index (κ1) is 11.1. The summed E-state index contributed by atoms with van der Waals surface area (Å²) in [5.74, 6) is -0.101. The molecule has 1 N–H and O–H groups in total. The van der Waals surface area contributed by atoms with Crippen molar-refractivity contribution in [2.75, 3.05) is 0 Å². The van der Waals surface area contributed by atoms with Gasteiger partial charge in [0.15, 0.2) is 5.75 Å². The molecule has 0 saturated carbocycles. The van der Waals surface area contributed by atoms with Crippen molar-refractivity contribution in [2.24, 2.45) is 0 Å². The second kappa shape index (κ2) is 4.65. The Morgan fingerprint density at radius 3 is 2.82 bits per heavy atom. The van der Waals surface area contributed by atoms with Crippen molar-refractivity contribution in [1.82, 2.24) is 14.8 Å². The molecule has 0 spiro atoms. The van der Waals surface area contributed by atoms with Gasteiger partial charge in [-0.05, 0) is 13.0 Å². The van der Waals surface area contributed by atoms with Crippen LogP contribution in [0.4, 0.5) is 0 Å². The maximum atomic E-state index is 10.6. The van der Waals surface area contributed by atoms with E-state index in [4.69, 9.17) is 9.84 Å². The minimum atomic E-state index is -1.01. The summed E-state index contributed by atoms with van der Waals surface area (Å²) in [6.07, 6.45) is 4.57.